The van der Waals surface area contributed by atoms with E-state index in [4.69, 9.17) is 0 Å². The minimum Gasteiger partial charge on any atom is -0.352 e. The lowest BCUT2D eigenvalue weighted by molar-refractivity contribution is 0.543. The first-order chi connectivity index (χ1) is 9.24. The zero-order valence-electron chi connectivity index (χ0n) is 11.4. The number of nitrogens with zero attached hydrogens (tertiary/aromatic N) is 3. The molecule has 3 rings (SSSR count). The van der Waals surface area contributed by atoms with E-state index in [-0.39, 0.29) is 5.82 Å². The molecule has 0 aromatic carbocycles. The Bertz CT molecular complexity index is 441. The van der Waals surface area contributed by atoms with Crippen LogP contribution in [0.3, 0.4) is 0 Å². The van der Waals surface area contributed by atoms with E-state index >= 15 is 0 Å². The molecule has 2 aliphatic rings. The zero-order chi connectivity index (χ0) is 13.2. The maximum Gasteiger partial charge on any atom is 0.186 e. The van der Waals surface area contributed by atoms with Gasteiger partial charge >= 0.3 is 0 Å². The summed E-state index contributed by atoms with van der Waals surface area (Å²) in [4.78, 5) is 10.2. The normalized spacial score (nSPS) is 22.7. The molecule has 1 aromatic heterocycles. The molecule has 104 valence electrons. The molecular formula is C14H21FN4. The number of halogens is 1. The van der Waals surface area contributed by atoms with Gasteiger partial charge in [-0.2, -0.15) is 0 Å². The molecule has 2 heterocycles. The molecule has 2 fully saturated rings. The quantitative estimate of drug-likeness (QED) is 0.882. The van der Waals surface area contributed by atoms with Crippen LogP contribution in [0.15, 0.2) is 6.33 Å². The Morgan fingerprint density at radius 2 is 2.16 bits per heavy atom. The SMILES string of the molecule is Cc1ncnc(N(CC2CC2)CC2CCCN2)c1F. The summed E-state index contributed by atoms with van der Waals surface area (Å²) in [5, 5.41) is 3.48. The van der Waals surface area contributed by atoms with Crippen molar-refractivity contribution in [1.82, 2.24) is 15.3 Å². The largest absolute Gasteiger partial charge is 0.352 e. The average molecular weight is 264 g/mol. The topological polar surface area (TPSA) is 41.1 Å². The van der Waals surface area contributed by atoms with Gasteiger partial charge in [0.1, 0.15) is 6.33 Å². The van der Waals surface area contributed by atoms with Gasteiger partial charge < -0.3 is 10.2 Å². The predicted octanol–water partition coefficient (Wildman–Crippen LogP) is 1.89. The third-order valence-corrected chi connectivity index (χ3v) is 4.02. The summed E-state index contributed by atoms with van der Waals surface area (Å²) in [7, 11) is 0. The summed E-state index contributed by atoms with van der Waals surface area (Å²) in [6.07, 6.45) is 6.39. The molecule has 0 radical (unpaired) electrons. The van der Waals surface area contributed by atoms with Gasteiger partial charge in [0.2, 0.25) is 0 Å². The summed E-state index contributed by atoms with van der Waals surface area (Å²) >= 11 is 0. The van der Waals surface area contributed by atoms with Gasteiger partial charge in [-0.15, -0.1) is 0 Å². The minimum absolute atomic E-state index is 0.263. The van der Waals surface area contributed by atoms with Gasteiger partial charge in [0.25, 0.3) is 0 Å². The van der Waals surface area contributed by atoms with E-state index in [0.29, 0.717) is 17.6 Å². The number of nitrogens with one attached hydrogen (secondary N) is 1. The number of aromatic nitrogens is 2. The zero-order valence-corrected chi connectivity index (χ0v) is 11.4. The first kappa shape index (κ1) is 12.8. The van der Waals surface area contributed by atoms with Crippen LogP contribution in [0.4, 0.5) is 10.2 Å². The van der Waals surface area contributed by atoms with Crippen LogP contribution in [-0.4, -0.2) is 35.6 Å². The Morgan fingerprint density at radius 3 is 2.84 bits per heavy atom. The van der Waals surface area contributed by atoms with Crippen molar-refractivity contribution in [1.29, 1.82) is 0 Å². The van der Waals surface area contributed by atoms with Crippen molar-refractivity contribution in [3.05, 3.63) is 17.8 Å². The summed E-state index contributed by atoms with van der Waals surface area (Å²) in [6.45, 7) is 4.55. The van der Waals surface area contributed by atoms with Crippen LogP contribution in [0.25, 0.3) is 0 Å². The maximum atomic E-state index is 14.2. The Morgan fingerprint density at radius 1 is 1.32 bits per heavy atom. The molecular weight excluding hydrogens is 243 g/mol. The van der Waals surface area contributed by atoms with Crippen molar-refractivity contribution in [2.24, 2.45) is 5.92 Å². The molecule has 1 N–H and O–H groups in total. The smallest absolute Gasteiger partial charge is 0.186 e. The highest BCUT2D eigenvalue weighted by Crippen LogP contribution is 2.32. The standard InChI is InChI=1S/C14H21FN4/c1-10-13(15)14(18-9-17-10)19(7-11-4-5-11)8-12-3-2-6-16-12/h9,11-12,16H,2-8H2,1H3. The number of rotatable bonds is 5. The van der Waals surface area contributed by atoms with Gasteiger partial charge in [-0.3, -0.25) is 0 Å². The predicted molar refractivity (Wildman–Crippen MR) is 72.7 cm³/mol. The highest BCUT2D eigenvalue weighted by Gasteiger charge is 2.28. The number of hydrogen-bond acceptors (Lipinski definition) is 4. The van der Waals surface area contributed by atoms with Gasteiger partial charge in [0, 0.05) is 19.1 Å². The van der Waals surface area contributed by atoms with Crippen molar-refractivity contribution in [2.75, 3.05) is 24.5 Å². The molecule has 0 amide bonds. The minimum atomic E-state index is -0.263. The fraction of sp³-hybridized carbons (Fsp3) is 0.714. The van der Waals surface area contributed by atoms with Crippen molar-refractivity contribution in [3.8, 4) is 0 Å². The molecule has 19 heavy (non-hydrogen) atoms. The van der Waals surface area contributed by atoms with Crippen molar-refractivity contribution in [3.63, 3.8) is 0 Å². The van der Waals surface area contributed by atoms with Gasteiger partial charge in [0.05, 0.1) is 5.69 Å². The molecule has 1 aliphatic carbocycles. The molecule has 1 atom stereocenters. The van der Waals surface area contributed by atoms with E-state index < -0.39 is 0 Å². The Kier molecular flexibility index (Phi) is 3.64. The second kappa shape index (κ2) is 5.41. The van der Waals surface area contributed by atoms with E-state index in [1.165, 1.54) is 32.0 Å². The summed E-state index contributed by atoms with van der Waals surface area (Å²) in [5.74, 6) is 0.935. The first-order valence-electron chi connectivity index (χ1n) is 7.19. The van der Waals surface area contributed by atoms with Crippen LogP contribution in [0.1, 0.15) is 31.4 Å². The molecule has 1 unspecified atom stereocenters. The van der Waals surface area contributed by atoms with Gasteiger partial charge in [-0.05, 0) is 45.1 Å². The van der Waals surface area contributed by atoms with Crippen molar-refractivity contribution >= 4 is 5.82 Å². The molecule has 0 spiro atoms. The molecule has 1 aromatic rings. The Balaban J connectivity index is 1.78. The number of anilines is 1. The van der Waals surface area contributed by atoms with Crippen molar-refractivity contribution in [2.45, 2.75) is 38.6 Å². The van der Waals surface area contributed by atoms with Crippen LogP contribution in [0.2, 0.25) is 0 Å². The fourth-order valence-electron chi connectivity index (χ4n) is 2.70. The monoisotopic (exact) mass is 264 g/mol. The lowest BCUT2D eigenvalue weighted by atomic mass is 10.2. The summed E-state index contributed by atoms with van der Waals surface area (Å²) in [5.41, 5.74) is 0.435. The summed E-state index contributed by atoms with van der Waals surface area (Å²) < 4.78 is 14.2. The third-order valence-electron chi connectivity index (χ3n) is 4.02. The van der Waals surface area contributed by atoms with E-state index in [2.05, 4.69) is 20.2 Å². The highest BCUT2D eigenvalue weighted by molar-refractivity contribution is 5.41. The van der Waals surface area contributed by atoms with Crippen LogP contribution in [0.5, 0.6) is 0 Å². The molecule has 1 saturated heterocycles. The fourth-order valence-corrected chi connectivity index (χ4v) is 2.70. The third kappa shape index (κ3) is 3.03. The van der Waals surface area contributed by atoms with E-state index in [0.717, 1.165) is 25.6 Å². The molecule has 1 saturated carbocycles. The van der Waals surface area contributed by atoms with E-state index in [1.807, 2.05) is 0 Å². The molecule has 4 nitrogen and oxygen atoms in total. The second-order valence-electron chi connectivity index (χ2n) is 5.74. The van der Waals surface area contributed by atoms with Gasteiger partial charge in [0.15, 0.2) is 11.6 Å². The van der Waals surface area contributed by atoms with Crippen LogP contribution in [-0.2, 0) is 0 Å². The van der Waals surface area contributed by atoms with Gasteiger partial charge in [-0.1, -0.05) is 0 Å². The molecule has 5 heteroatoms. The Hall–Kier alpha value is -1.23. The lowest BCUT2D eigenvalue weighted by Gasteiger charge is -2.27. The second-order valence-corrected chi connectivity index (χ2v) is 5.74. The summed E-state index contributed by atoms with van der Waals surface area (Å²) in [6, 6.07) is 0.466. The maximum absolute atomic E-state index is 14.2. The van der Waals surface area contributed by atoms with Crippen molar-refractivity contribution < 1.29 is 4.39 Å². The van der Waals surface area contributed by atoms with Gasteiger partial charge in [-0.25, -0.2) is 14.4 Å². The van der Waals surface area contributed by atoms with Crippen LogP contribution < -0.4 is 10.2 Å². The number of aryl methyl sites for hydroxylation is 1. The first-order valence-corrected chi connectivity index (χ1v) is 7.19. The van der Waals surface area contributed by atoms with Crippen LogP contribution in [0, 0.1) is 18.7 Å². The van der Waals surface area contributed by atoms with Crippen LogP contribution >= 0.6 is 0 Å². The highest BCUT2D eigenvalue weighted by atomic mass is 19.1. The number of hydrogen-bond donors (Lipinski definition) is 1. The Labute approximate surface area is 113 Å². The van der Waals surface area contributed by atoms with E-state index in [9.17, 15) is 4.39 Å². The van der Waals surface area contributed by atoms with E-state index in [1.54, 1.807) is 6.92 Å². The lowest BCUT2D eigenvalue weighted by Crippen LogP contribution is -2.39. The molecule has 1 aliphatic heterocycles. The molecule has 0 bridgehead atoms. The average Bonchev–Trinajstić information content (AvgIpc) is 3.06.